The second-order valence-electron chi connectivity index (χ2n) is 4.01. The van der Waals surface area contributed by atoms with E-state index < -0.39 is 23.6 Å². The minimum absolute atomic E-state index is 0.103. The number of halogens is 4. The van der Waals surface area contributed by atoms with Crippen LogP contribution in [0.1, 0.15) is 22.7 Å². The maximum Gasteiger partial charge on any atom is 0.416 e. The van der Waals surface area contributed by atoms with Crippen LogP contribution in [0.3, 0.4) is 0 Å². The van der Waals surface area contributed by atoms with E-state index >= 15 is 0 Å². The van der Waals surface area contributed by atoms with Gasteiger partial charge < -0.3 is 5.32 Å². The van der Waals surface area contributed by atoms with Gasteiger partial charge in [0.1, 0.15) is 5.82 Å². The van der Waals surface area contributed by atoms with E-state index in [1.807, 2.05) is 0 Å². The lowest BCUT2D eigenvalue weighted by Crippen LogP contribution is -2.21. The number of rotatable bonds is 3. The number of nitrogens with one attached hydrogen (secondary N) is 1. The Kier molecular flexibility index (Phi) is 3.91. The zero-order chi connectivity index (χ0) is 14.0. The molecule has 0 saturated heterocycles. The summed E-state index contributed by atoms with van der Waals surface area (Å²) >= 11 is 1.38. The van der Waals surface area contributed by atoms with Crippen LogP contribution in [0.4, 0.5) is 17.6 Å². The van der Waals surface area contributed by atoms with Crippen molar-refractivity contribution >= 4 is 11.3 Å². The minimum atomic E-state index is -4.51. The van der Waals surface area contributed by atoms with Crippen LogP contribution < -0.4 is 5.32 Å². The molecule has 19 heavy (non-hydrogen) atoms. The highest BCUT2D eigenvalue weighted by Gasteiger charge is 2.35. The zero-order valence-electron chi connectivity index (χ0n) is 9.96. The first-order valence-corrected chi connectivity index (χ1v) is 6.43. The van der Waals surface area contributed by atoms with Crippen LogP contribution in [0, 0.1) is 5.82 Å². The lowest BCUT2D eigenvalue weighted by Gasteiger charge is -2.20. The summed E-state index contributed by atoms with van der Waals surface area (Å²) in [4.78, 5) is 0. The summed E-state index contributed by atoms with van der Waals surface area (Å²) in [5.74, 6) is -0.682. The third kappa shape index (κ3) is 2.96. The van der Waals surface area contributed by atoms with Crippen LogP contribution in [-0.2, 0) is 6.18 Å². The van der Waals surface area contributed by atoms with Gasteiger partial charge in [0.05, 0.1) is 11.6 Å². The van der Waals surface area contributed by atoms with Gasteiger partial charge in [-0.2, -0.15) is 24.5 Å². The van der Waals surface area contributed by atoms with Gasteiger partial charge in [0.25, 0.3) is 0 Å². The molecule has 1 heterocycles. The molecule has 2 aromatic rings. The number of alkyl halides is 3. The molecule has 0 aliphatic rings. The van der Waals surface area contributed by atoms with E-state index in [9.17, 15) is 17.6 Å². The molecular formula is C13H11F4NS. The first-order valence-electron chi connectivity index (χ1n) is 5.49. The van der Waals surface area contributed by atoms with Gasteiger partial charge in [0.15, 0.2) is 0 Å². The maximum atomic E-state index is 13.3. The lowest BCUT2D eigenvalue weighted by atomic mass is 9.95. The minimum Gasteiger partial charge on any atom is -0.309 e. The molecule has 1 unspecified atom stereocenters. The van der Waals surface area contributed by atoms with Gasteiger partial charge in [-0.3, -0.25) is 0 Å². The summed E-state index contributed by atoms with van der Waals surface area (Å²) in [6, 6.07) is 3.57. The summed E-state index contributed by atoms with van der Waals surface area (Å²) in [6.07, 6.45) is -4.51. The van der Waals surface area contributed by atoms with Crippen LogP contribution in [0.5, 0.6) is 0 Å². The highest BCUT2D eigenvalue weighted by Crippen LogP contribution is 2.37. The summed E-state index contributed by atoms with van der Waals surface area (Å²) < 4.78 is 52.2. The zero-order valence-corrected chi connectivity index (χ0v) is 10.8. The van der Waals surface area contributed by atoms with Crippen molar-refractivity contribution in [2.75, 3.05) is 7.05 Å². The van der Waals surface area contributed by atoms with Gasteiger partial charge in [-0.05, 0) is 53.2 Å². The molecule has 0 aliphatic heterocycles. The number of hydrogen-bond acceptors (Lipinski definition) is 2. The number of thiophene rings is 1. The van der Waals surface area contributed by atoms with E-state index in [0.29, 0.717) is 5.56 Å². The van der Waals surface area contributed by atoms with Crippen molar-refractivity contribution in [2.24, 2.45) is 0 Å². The topological polar surface area (TPSA) is 12.0 Å². The molecule has 0 saturated carbocycles. The Bertz CT molecular complexity index is 548. The third-order valence-electron chi connectivity index (χ3n) is 2.80. The van der Waals surface area contributed by atoms with Crippen molar-refractivity contribution in [1.29, 1.82) is 0 Å². The quantitative estimate of drug-likeness (QED) is 0.834. The Morgan fingerprint density at radius 2 is 1.95 bits per heavy atom. The maximum absolute atomic E-state index is 13.3. The van der Waals surface area contributed by atoms with Crippen LogP contribution >= 0.6 is 11.3 Å². The van der Waals surface area contributed by atoms with E-state index in [1.54, 1.807) is 23.9 Å². The molecule has 6 heteroatoms. The lowest BCUT2D eigenvalue weighted by molar-refractivity contribution is -0.138. The van der Waals surface area contributed by atoms with Gasteiger partial charge in [-0.1, -0.05) is 0 Å². The Balaban J connectivity index is 2.56. The smallest absolute Gasteiger partial charge is 0.309 e. The molecule has 1 nitrogen and oxygen atoms in total. The Labute approximate surface area is 111 Å². The van der Waals surface area contributed by atoms with E-state index in [1.165, 1.54) is 11.3 Å². The third-order valence-corrected chi connectivity index (χ3v) is 3.50. The highest BCUT2D eigenvalue weighted by molar-refractivity contribution is 7.08. The summed E-state index contributed by atoms with van der Waals surface area (Å²) in [5, 5.41) is 6.31. The fourth-order valence-electron chi connectivity index (χ4n) is 1.97. The van der Waals surface area contributed by atoms with Crippen molar-refractivity contribution in [2.45, 2.75) is 12.2 Å². The molecule has 1 atom stereocenters. The highest BCUT2D eigenvalue weighted by atomic mass is 32.1. The van der Waals surface area contributed by atoms with Crippen molar-refractivity contribution in [3.63, 3.8) is 0 Å². The average Bonchev–Trinajstić information content (AvgIpc) is 2.82. The van der Waals surface area contributed by atoms with Crippen LogP contribution in [0.2, 0.25) is 0 Å². The van der Waals surface area contributed by atoms with Crippen LogP contribution in [0.25, 0.3) is 0 Å². The molecule has 0 fully saturated rings. The molecule has 0 spiro atoms. The van der Waals surface area contributed by atoms with Crippen LogP contribution in [0.15, 0.2) is 35.0 Å². The molecule has 1 N–H and O–H groups in total. The molecular weight excluding hydrogens is 278 g/mol. The molecule has 1 aromatic carbocycles. The van der Waals surface area contributed by atoms with Gasteiger partial charge >= 0.3 is 6.18 Å². The van der Waals surface area contributed by atoms with Gasteiger partial charge in [0, 0.05) is 0 Å². The molecule has 0 radical (unpaired) electrons. The second-order valence-corrected chi connectivity index (χ2v) is 4.79. The van der Waals surface area contributed by atoms with Crippen molar-refractivity contribution in [1.82, 2.24) is 5.32 Å². The van der Waals surface area contributed by atoms with Gasteiger partial charge in [-0.15, -0.1) is 0 Å². The van der Waals surface area contributed by atoms with Crippen molar-refractivity contribution in [3.05, 3.63) is 57.5 Å². The van der Waals surface area contributed by atoms with Gasteiger partial charge in [0.2, 0.25) is 0 Å². The van der Waals surface area contributed by atoms with Gasteiger partial charge in [-0.25, -0.2) is 4.39 Å². The monoisotopic (exact) mass is 289 g/mol. The summed E-state index contributed by atoms with van der Waals surface area (Å²) in [6.45, 7) is 0. The molecule has 0 bridgehead atoms. The molecule has 1 aromatic heterocycles. The fraction of sp³-hybridized carbons (Fsp3) is 0.231. The number of hydrogen-bond donors (Lipinski definition) is 1. The Morgan fingerprint density at radius 3 is 2.47 bits per heavy atom. The standard InChI is InChI=1S/C13H11F4NS/c1-18-12(8-4-5-19-7-8)10-6-9(14)2-3-11(10)13(15,16)17/h2-7,12,18H,1H3. The first-order chi connectivity index (χ1) is 8.93. The Hall–Kier alpha value is -1.40. The Morgan fingerprint density at radius 1 is 1.21 bits per heavy atom. The van der Waals surface area contributed by atoms with Crippen molar-refractivity contribution < 1.29 is 17.6 Å². The first kappa shape index (κ1) is 14.0. The second kappa shape index (κ2) is 5.30. The van der Waals surface area contributed by atoms with E-state index in [2.05, 4.69) is 5.32 Å². The molecule has 0 amide bonds. The van der Waals surface area contributed by atoms with Crippen LogP contribution in [-0.4, -0.2) is 7.05 Å². The fourth-order valence-corrected chi connectivity index (χ4v) is 2.66. The van der Waals surface area contributed by atoms with Crippen molar-refractivity contribution in [3.8, 4) is 0 Å². The van der Waals surface area contributed by atoms with E-state index in [-0.39, 0.29) is 5.56 Å². The average molecular weight is 289 g/mol. The summed E-state index contributed by atoms with van der Waals surface area (Å²) in [5.41, 5.74) is -0.239. The normalized spacial score (nSPS) is 13.5. The molecule has 0 aliphatic carbocycles. The summed E-state index contributed by atoms with van der Waals surface area (Å²) in [7, 11) is 1.55. The molecule has 102 valence electrons. The van der Waals surface area contributed by atoms with E-state index in [4.69, 9.17) is 0 Å². The predicted octanol–water partition coefficient (Wildman–Crippen LogP) is 4.21. The SMILES string of the molecule is CNC(c1ccsc1)c1cc(F)ccc1C(F)(F)F. The van der Waals surface area contributed by atoms with E-state index in [0.717, 1.165) is 18.2 Å². The largest absolute Gasteiger partial charge is 0.416 e. The molecule has 2 rings (SSSR count). The predicted molar refractivity (Wildman–Crippen MR) is 66.6 cm³/mol. The number of benzene rings is 1.